The molecule has 22 heavy (non-hydrogen) atoms. The molecule has 0 spiro atoms. The molecule has 0 aliphatic heterocycles. The van der Waals surface area contributed by atoms with Gasteiger partial charge in [0, 0.05) is 24.5 Å². The summed E-state index contributed by atoms with van der Waals surface area (Å²) >= 11 is 1.17. The van der Waals surface area contributed by atoms with E-state index in [0.29, 0.717) is 17.5 Å². The number of urea groups is 1. The number of pyridine rings is 1. The lowest BCUT2D eigenvalue weighted by molar-refractivity contribution is -0.119. The molecule has 116 valence electrons. The number of carbonyl (C=O) groups is 2. The van der Waals surface area contributed by atoms with Crippen LogP contribution >= 0.6 is 11.8 Å². The number of nitrogens with one attached hydrogen (secondary N) is 3. The lowest BCUT2D eigenvalue weighted by Crippen LogP contribution is -2.42. The number of imide groups is 1. The molecule has 1 atom stereocenters. The van der Waals surface area contributed by atoms with Crippen molar-refractivity contribution in [1.29, 1.82) is 0 Å². The fourth-order valence-electron chi connectivity index (χ4n) is 1.57. The van der Waals surface area contributed by atoms with Gasteiger partial charge in [-0.25, -0.2) is 9.78 Å². The Kier molecular flexibility index (Phi) is 5.48. The van der Waals surface area contributed by atoms with E-state index in [1.54, 1.807) is 38.4 Å². The Bertz CT molecular complexity index is 645. The fourth-order valence-corrected chi connectivity index (χ4v) is 2.29. The van der Waals surface area contributed by atoms with Crippen LogP contribution in [0.25, 0.3) is 11.4 Å². The lowest BCUT2D eigenvalue weighted by atomic mass is 10.3. The first-order chi connectivity index (χ1) is 10.6. The van der Waals surface area contributed by atoms with Crippen LogP contribution in [0.5, 0.6) is 0 Å². The van der Waals surface area contributed by atoms with Crippen LogP contribution in [0, 0.1) is 0 Å². The fraction of sp³-hybridized carbons (Fsp3) is 0.308. The second kappa shape index (κ2) is 7.55. The van der Waals surface area contributed by atoms with Crippen molar-refractivity contribution in [2.45, 2.75) is 24.3 Å². The van der Waals surface area contributed by atoms with Crippen molar-refractivity contribution in [2.75, 3.05) is 6.54 Å². The Morgan fingerprint density at radius 3 is 2.77 bits per heavy atom. The van der Waals surface area contributed by atoms with Crippen molar-refractivity contribution in [3.8, 4) is 11.4 Å². The Morgan fingerprint density at radius 1 is 1.36 bits per heavy atom. The average Bonchev–Trinajstić information content (AvgIpc) is 2.96. The Balaban J connectivity index is 1.95. The lowest BCUT2D eigenvalue weighted by Gasteiger charge is -2.09. The maximum Gasteiger partial charge on any atom is 0.321 e. The van der Waals surface area contributed by atoms with Crippen LogP contribution in [-0.2, 0) is 4.79 Å². The van der Waals surface area contributed by atoms with E-state index in [1.165, 1.54) is 11.8 Å². The highest BCUT2D eigenvalue weighted by Crippen LogP contribution is 2.22. The summed E-state index contributed by atoms with van der Waals surface area (Å²) in [7, 11) is 0. The van der Waals surface area contributed by atoms with E-state index in [9.17, 15) is 9.59 Å². The third kappa shape index (κ3) is 4.29. The SMILES string of the molecule is CCNC(=O)NC(=O)[C@@H](C)Sc1n[nH]c(-c2ccncc2)n1. The quantitative estimate of drug-likeness (QED) is 0.713. The number of rotatable bonds is 5. The summed E-state index contributed by atoms with van der Waals surface area (Å²) < 4.78 is 0. The molecule has 0 aliphatic carbocycles. The number of hydrogen-bond donors (Lipinski definition) is 3. The predicted molar refractivity (Wildman–Crippen MR) is 82.1 cm³/mol. The number of H-pyrrole nitrogens is 1. The molecule has 0 bridgehead atoms. The molecule has 0 aliphatic rings. The first-order valence-electron chi connectivity index (χ1n) is 6.68. The highest BCUT2D eigenvalue weighted by molar-refractivity contribution is 8.00. The molecule has 0 fully saturated rings. The van der Waals surface area contributed by atoms with Crippen molar-refractivity contribution >= 4 is 23.7 Å². The third-order valence-corrected chi connectivity index (χ3v) is 3.61. The number of amides is 3. The maximum absolute atomic E-state index is 11.8. The number of hydrogen-bond acceptors (Lipinski definition) is 6. The number of nitrogens with zero attached hydrogens (tertiary/aromatic N) is 3. The average molecular weight is 320 g/mol. The molecule has 0 saturated carbocycles. The normalized spacial score (nSPS) is 11.7. The summed E-state index contributed by atoms with van der Waals surface area (Å²) in [5.74, 6) is 0.201. The number of carbonyl (C=O) groups excluding carboxylic acids is 2. The predicted octanol–water partition coefficient (Wildman–Crippen LogP) is 1.19. The highest BCUT2D eigenvalue weighted by Gasteiger charge is 2.19. The summed E-state index contributed by atoms with van der Waals surface area (Å²) in [6.07, 6.45) is 3.32. The smallest absolute Gasteiger partial charge is 0.321 e. The van der Waals surface area contributed by atoms with Gasteiger partial charge in [-0.05, 0) is 26.0 Å². The molecule has 8 nitrogen and oxygen atoms in total. The van der Waals surface area contributed by atoms with Crippen LogP contribution in [0.4, 0.5) is 4.79 Å². The molecule has 2 aromatic heterocycles. The van der Waals surface area contributed by atoms with Gasteiger partial charge >= 0.3 is 6.03 Å². The Labute approximate surface area is 131 Å². The summed E-state index contributed by atoms with van der Waals surface area (Å²) in [5.41, 5.74) is 0.855. The summed E-state index contributed by atoms with van der Waals surface area (Å²) in [5, 5.41) is 11.6. The second-order valence-corrected chi connectivity index (χ2v) is 5.62. The Hall–Kier alpha value is -2.42. The minimum atomic E-state index is -0.507. The first kappa shape index (κ1) is 16.0. The molecule has 0 unspecified atom stereocenters. The van der Waals surface area contributed by atoms with Gasteiger partial charge in [0.15, 0.2) is 5.82 Å². The van der Waals surface area contributed by atoms with Gasteiger partial charge < -0.3 is 5.32 Å². The molecular weight excluding hydrogens is 304 g/mol. The van der Waals surface area contributed by atoms with Gasteiger partial charge in [-0.3, -0.25) is 20.2 Å². The molecule has 2 aromatic rings. The molecule has 9 heteroatoms. The first-order valence-corrected chi connectivity index (χ1v) is 7.56. The van der Waals surface area contributed by atoms with E-state index < -0.39 is 17.2 Å². The van der Waals surface area contributed by atoms with Crippen molar-refractivity contribution in [1.82, 2.24) is 30.8 Å². The van der Waals surface area contributed by atoms with Crippen LogP contribution in [0.2, 0.25) is 0 Å². The molecule has 2 heterocycles. The van der Waals surface area contributed by atoms with Gasteiger partial charge in [0.1, 0.15) is 0 Å². The maximum atomic E-state index is 11.8. The van der Waals surface area contributed by atoms with Crippen LogP contribution in [0.3, 0.4) is 0 Å². The van der Waals surface area contributed by atoms with Crippen molar-refractivity contribution in [2.24, 2.45) is 0 Å². The number of thioether (sulfide) groups is 1. The van der Waals surface area contributed by atoms with Crippen molar-refractivity contribution in [3.63, 3.8) is 0 Å². The van der Waals surface area contributed by atoms with Crippen molar-refractivity contribution in [3.05, 3.63) is 24.5 Å². The van der Waals surface area contributed by atoms with Crippen LogP contribution < -0.4 is 10.6 Å². The van der Waals surface area contributed by atoms with Crippen LogP contribution in [0.15, 0.2) is 29.7 Å². The molecule has 0 radical (unpaired) electrons. The number of aromatic nitrogens is 4. The molecule has 2 rings (SSSR count). The van der Waals surface area contributed by atoms with Gasteiger partial charge in [-0.2, -0.15) is 0 Å². The summed E-state index contributed by atoms with van der Waals surface area (Å²) in [4.78, 5) is 31.4. The minimum Gasteiger partial charge on any atom is -0.338 e. The van der Waals surface area contributed by atoms with E-state index in [1.807, 2.05) is 0 Å². The van der Waals surface area contributed by atoms with E-state index in [-0.39, 0.29) is 0 Å². The minimum absolute atomic E-state index is 0.397. The molecule has 3 N–H and O–H groups in total. The zero-order valence-electron chi connectivity index (χ0n) is 12.2. The van der Waals surface area contributed by atoms with E-state index >= 15 is 0 Å². The topological polar surface area (TPSA) is 113 Å². The van der Waals surface area contributed by atoms with Gasteiger partial charge in [0.2, 0.25) is 11.1 Å². The summed E-state index contributed by atoms with van der Waals surface area (Å²) in [6.45, 7) is 3.91. The molecule has 3 amide bonds. The zero-order chi connectivity index (χ0) is 15.9. The highest BCUT2D eigenvalue weighted by atomic mass is 32.2. The zero-order valence-corrected chi connectivity index (χ0v) is 13.0. The van der Waals surface area contributed by atoms with Crippen LogP contribution in [-0.4, -0.2) is 43.9 Å². The van der Waals surface area contributed by atoms with Gasteiger partial charge in [-0.1, -0.05) is 11.8 Å². The number of aromatic amines is 1. The molecule has 0 aromatic carbocycles. The summed E-state index contributed by atoms with van der Waals surface area (Å²) in [6, 6.07) is 3.10. The van der Waals surface area contributed by atoms with Gasteiger partial charge in [0.25, 0.3) is 0 Å². The Morgan fingerprint density at radius 2 is 2.09 bits per heavy atom. The van der Waals surface area contributed by atoms with Crippen molar-refractivity contribution < 1.29 is 9.59 Å². The van der Waals surface area contributed by atoms with Gasteiger partial charge in [-0.15, -0.1) is 5.10 Å². The molecule has 0 saturated heterocycles. The standard InChI is InChI=1S/C13H16N6O2S/c1-3-15-12(21)17-11(20)8(2)22-13-16-10(18-19-13)9-4-6-14-7-5-9/h4-8H,3H2,1-2H3,(H,16,18,19)(H2,15,17,20,21)/t8-/m1/s1. The van der Waals surface area contributed by atoms with E-state index in [4.69, 9.17) is 0 Å². The van der Waals surface area contributed by atoms with Crippen LogP contribution in [0.1, 0.15) is 13.8 Å². The van der Waals surface area contributed by atoms with E-state index in [2.05, 4.69) is 30.8 Å². The largest absolute Gasteiger partial charge is 0.338 e. The monoisotopic (exact) mass is 320 g/mol. The van der Waals surface area contributed by atoms with Gasteiger partial charge in [0.05, 0.1) is 5.25 Å². The van der Waals surface area contributed by atoms with E-state index in [0.717, 1.165) is 5.56 Å². The third-order valence-electron chi connectivity index (χ3n) is 2.64. The molecular formula is C13H16N6O2S. The second-order valence-electron chi connectivity index (χ2n) is 4.31.